The molecular formula is C23H23ClN2O5. The number of nitrogens with one attached hydrogen (secondary N) is 1. The highest BCUT2D eigenvalue weighted by Crippen LogP contribution is 2.29. The standard InChI is InChI=1S/C23H23ClN2O5/c1-15(18-7-3-4-8-19(18)24)31-23(29)25-20-14-30-26-22(20)17-12-10-16(11-13-17)6-2-5-9-21(27)28/h3-4,7-8,10-15H,2,5-6,9H2,1H3,(H,25,29)(H,27,28)/t15-/m1/s1. The number of rotatable bonds is 9. The fraction of sp³-hybridized carbons (Fsp3) is 0.261. The summed E-state index contributed by atoms with van der Waals surface area (Å²) in [5.74, 6) is -0.777. The third-order valence-corrected chi connectivity index (χ3v) is 5.11. The van der Waals surface area contributed by atoms with Crippen LogP contribution >= 0.6 is 11.6 Å². The first-order chi connectivity index (χ1) is 14.9. The number of aromatic nitrogens is 1. The summed E-state index contributed by atoms with van der Waals surface area (Å²) < 4.78 is 10.5. The molecule has 7 nitrogen and oxygen atoms in total. The van der Waals surface area contributed by atoms with Crippen molar-refractivity contribution < 1.29 is 24.0 Å². The zero-order valence-corrected chi connectivity index (χ0v) is 17.8. The Bertz CT molecular complexity index is 1030. The number of carboxylic acid groups (broad SMARTS) is 1. The minimum atomic E-state index is -0.777. The van der Waals surface area contributed by atoms with E-state index in [1.165, 1.54) is 6.26 Å². The van der Waals surface area contributed by atoms with Crippen LogP contribution in [0.2, 0.25) is 5.02 Å². The summed E-state index contributed by atoms with van der Waals surface area (Å²) in [7, 11) is 0. The summed E-state index contributed by atoms with van der Waals surface area (Å²) in [4.78, 5) is 22.9. The van der Waals surface area contributed by atoms with E-state index in [4.69, 9.17) is 26.0 Å². The highest BCUT2D eigenvalue weighted by molar-refractivity contribution is 6.31. The first-order valence-electron chi connectivity index (χ1n) is 9.91. The van der Waals surface area contributed by atoms with Crippen molar-refractivity contribution in [2.75, 3.05) is 5.32 Å². The van der Waals surface area contributed by atoms with Crippen molar-refractivity contribution in [2.24, 2.45) is 0 Å². The van der Waals surface area contributed by atoms with Gasteiger partial charge < -0.3 is 14.4 Å². The molecule has 0 aliphatic carbocycles. The van der Waals surface area contributed by atoms with Crippen LogP contribution in [0.15, 0.2) is 59.3 Å². The fourth-order valence-electron chi connectivity index (χ4n) is 3.14. The van der Waals surface area contributed by atoms with Gasteiger partial charge in [0.05, 0.1) is 0 Å². The lowest BCUT2D eigenvalue weighted by Crippen LogP contribution is -2.16. The molecule has 0 bridgehead atoms. The average molecular weight is 443 g/mol. The first-order valence-corrected chi connectivity index (χ1v) is 10.3. The van der Waals surface area contributed by atoms with Crippen LogP contribution in [0.4, 0.5) is 10.5 Å². The lowest BCUT2D eigenvalue weighted by molar-refractivity contribution is -0.137. The highest BCUT2D eigenvalue weighted by atomic mass is 35.5. The molecule has 0 radical (unpaired) electrons. The van der Waals surface area contributed by atoms with Crippen LogP contribution in [0.5, 0.6) is 0 Å². The van der Waals surface area contributed by atoms with E-state index in [2.05, 4.69) is 10.5 Å². The zero-order valence-electron chi connectivity index (χ0n) is 17.0. The van der Waals surface area contributed by atoms with Gasteiger partial charge in [0, 0.05) is 22.6 Å². The summed E-state index contributed by atoms with van der Waals surface area (Å²) in [6.07, 6.45) is 2.59. The number of anilines is 1. The predicted molar refractivity (Wildman–Crippen MR) is 117 cm³/mol. The molecule has 0 saturated heterocycles. The number of carbonyl (C=O) groups is 2. The number of aliphatic carboxylic acids is 1. The maximum absolute atomic E-state index is 12.4. The third kappa shape index (κ3) is 6.33. The third-order valence-electron chi connectivity index (χ3n) is 4.77. The number of unbranched alkanes of at least 4 members (excludes halogenated alkanes) is 1. The van der Waals surface area contributed by atoms with E-state index in [1.807, 2.05) is 36.4 Å². The first kappa shape index (κ1) is 22.4. The summed E-state index contributed by atoms with van der Waals surface area (Å²) in [5.41, 5.74) is 3.46. The second-order valence-corrected chi connectivity index (χ2v) is 7.48. The second kappa shape index (κ2) is 10.6. The van der Waals surface area contributed by atoms with Gasteiger partial charge in [-0.3, -0.25) is 10.1 Å². The molecule has 0 unspecified atom stereocenters. The van der Waals surface area contributed by atoms with E-state index in [9.17, 15) is 9.59 Å². The molecule has 2 aromatic carbocycles. The van der Waals surface area contributed by atoms with Crippen molar-refractivity contribution in [1.82, 2.24) is 5.16 Å². The van der Waals surface area contributed by atoms with Gasteiger partial charge in [0.25, 0.3) is 0 Å². The van der Waals surface area contributed by atoms with Gasteiger partial charge in [0.15, 0.2) is 0 Å². The number of carbonyl (C=O) groups excluding carboxylic acids is 1. The number of carboxylic acids is 1. The molecule has 31 heavy (non-hydrogen) atoms. The van der Waals surface area contributed by atoms with Crippen molar-refractivity contribution in [3.05, 3.63) is 70.9 Å². The molecule has 1 aromatic heterocycles. The Morgan fingerprint density at radius 3 is 2.61 bits per heavy atom. The van der Waals surface area contributed by atoms with Gasteiger partial charge in [-0.2, -0.15) is 0 Å². The molecule has 2 N–H and O–H groups in total. The van der Waals surface area contributed by atoms with E-state index in [-0.39, 0.29) is 6.42 Å². The van der Waals surface area contributed by atoms with Crippen LogP contribution in [0, 0.1) is 0 Å². The molecular weight excluding hydrogens is 420 g/mol. The van der Waals surface area contributed by atoms with Gasteiger partial charge in [-0.05, 0) is 37.8 Å². The Balaban J connectivity index is 1.59. The Kier molecular flexibility index (Phi) is 7.67. The largest absolute Gasteiger partial charge is 0.481 e. The lowest BCUT2D eigenvalue weighted by atomic mass is 10.0. The number of hydrogen-bond acceptors (Lipinski definition) is 5. The van der Waals surface area contributed by atoms with Crippen molar-refractivity contribution in [2.45, 2.75) is 38.7 Å². The number of ether oxygens (including phenoxy) is 1. The maximum Gasteiger partial charge on any atom is 0.412 e. The molecule has 162 valence electrons. The van der Waals surface area contributed by atoms with Gasteiger partial charge in [-0.25, -0.2) is 4.79 Å². The van der Waals surface area contributed by atoms with Crippen LogP contribution in [0.25, 0.3) is 11.3 Å². The Morgan fingerprint density at radius 1 is 1.16 bits per heavy atom. The molecule has 3 rings (SSSR count). The number of aryl methyl sites for hydroxylation is 1. The Labute approximate surface area is 185 Å². The minimum Gasteiger partial charge on any atom is -0.481 e. The van der Waals surface area contributed by atoms with E-state index in [0.29, 0.717) is 28.4 Å². The van der Waals surface area contributed by atoms with Crippen molar-refractivity contribution in [3.63, 3.8) is 0 Å². The minimum absolute atomic E-state index is 0.178. The van der Waals surface area contributed by atoms with Crippen molar-refractivity contribution >= 4 is 29.4 Å². The number of benzene rings is 2. The van der Waals surface area contributed by atoms with Crippen LogP contribution in [0.1, 0.15) is 43.4 Å². The normalized spacial score (nSPS) is 11.7. The summed E-state index contributed by atoms with van der Waals surface area (Å²) in [5, 5.41) is 15.9. The number of halogens is 1. The smallest absolute Gasteiger partial charge is 0.412 e. The molecule has 0 fully saturated rings. The van der Waals surface area contributed by atoms with Gasteiger partial charge in [-0.15, -0.1) is 0 Å². The highest BCUT2D eigenvalue weighted by Gasteiger charge is 2.18. The Hall–Kier alpha value is -3.32. The molecule has 0 aliphatic rings. The van der Waals surface area contributed by atoms with Crippen molar-refractivity contribution in [3.8, 4) is 11.3 Å². The van der Waals surface area contributed by atoms with Crippen molar-refractivity contribution in [1.29, 1.82) is 0 Å². The second-order valence-electron chi connectivity index (χ2n) is 7.07. The van der Waals surface area contributed by atoms with E-state index < -0.39 is 18.2 Å². The molecule has 0 saturated carbocycles. The van der Waals surface area contributed by atoms with Crippen LogP contribution in [-0.4, -0.2) is 22.3 Å². The maximum atomic E-state index is 12.4. The predicted octanol–water partition coefficient (Wildman–Crippen LogP) is 6.10. The van der Waals surface area contributed by atoms with Gasteiger partial charge in [0.2, 0.25) is 0 Å². The van der Waals surface area contributed by atoms with Crippen LogP contribution < -0.4 is 5.32 Å². The van der Waals surface area contributed by atoms with Gasteiger partial charge in [-0.1, -0.05) is 59.2 Å². The molecule has 0 aliphatic heterocycles. The lowest BCUT2D eigenvalue weighted by Gasteiger charge is -2.15. The summed E-state index contributed by atoms with van der Waals surface area (Å²) >= 11 is 6.15. The van der Waals surface area contributed by atoms with E-state index in [1.54, 1.807) is 19.1 Å². The van der Waals surface area contributed by atoms with Crippen LogP contribution in [0.3, 0.4) is 0 Å². The topological polar surface area (TPSA) is 102 Å². The summed E-state index contributed by atoms with van der Waals surface area (Å²) in [6, 6.07) is 14.8. The quantitative estimate of drug-likeness (QED) is 0.388. The molecule has 1 atom stereocenters. The SMILES string of the molecule is C[C@@H](OC(=O)Nc1conc1-c1ccc(CCCCC(=O)O)cc1)c1ccccc1Cl. The van der Waals surface area contributed by atoms with Crippen LogP contribution in [-0.2, 0) is 16.0 Å². The number of amides is 1. The van der Waals surface area contributed by atoms with Gasteiger partial charge in [0.1, 0.15) is 23.7 Å². The number of nitrogens with zero attached hydrogens (tertiary/aromatic N) is 1. The molecule has 0 spiro atoms. The fourth-order valence-corrected chi connectivity index (χ4v) is 3.43. The van der Waals surface area contributed by atoms with E-state index >= 15 is 0 Å². The average Bonchev–Trinajstić information content (AvgIpc) is 3.19. The molecule has 8 heteroatoms. The molecule has 1 heterocycles. The van der Waals surface area contributed by atoms with Gasteiger partial charge >= 0.3 is 12.1 Å². The summed E-state index contributed by atoms with van der Waals surface area (Å²) in [6.45, 7) is 1.74. The molecule has 1 amide bonds. The zero-order chi connectivity index (χ0) is 22.2. The molecule has 3 aromatic rings. The monoisotopic (exact) mass is 442 g/mol. The Morgan fingerprint density at radius 2 is 1.90 bits per heavy atom. The number of hydrogen-bond donors (Lipinski definition) is 2. The van der Waals surface area contributed by atoms with E-state index in [0.717, 1.165) is 24.0 Å².